The molecule has 2 aromatic carbocycles. The molecule has 1 fully saturated rings. The van der Waals surface area contributed by atoms with E-state index >= 15 is 0 Å². The fourth-order valence-corrected chi connectivity index (χ4v) is 3.07. The quantitative estimate of drug-likeness (QED) is 0.786. The van der Waals surface area contributed by atoms with Crippen molar-refractivity contribution in [1.29, 1.82) is 5.41 Å². The van der Waals surface area contributed by atoms with Gasteiger partial charge in [0.05, 0.1) is 7.11 Å². The minimum absolute atomic E-state index is 0.0229. The van der Waals surface area contributed by atoms with Crippen molar-refractivity contribution in [2.24, 2.45) is 5.73 Å². The molecule has 0 unspecified atom stereocenters. The molecule has 0 aromatic heterocycles. The molecular formula is C20H22N4O2. The van der Waals surface area contributed by atoms with Crippen LogP contribution in [-0.4, -0.2) is 37.3 Å². The number of nitrogens with two attached hydrogens (primary N) is 1. The monoisotopic (exact) mass is 350 g/mol. The maximum Gasteiger partial charge on any atom is 0.324 e. The van der Waals surface area contributed by atoms with E-state index in [1.807, 2.05) is 53.4 Å². The second-order valence-corrected chi connectivity index (χ2v) is 5.99. The van der Waals surface area contributed by atoms with Gasteiger partial charge in [-0.05, 0) is 17.7 Å². The van der Waals surface area contributed by atoms with Gasteiger partial charge >= 0.3 is 6.03 Å². The highest BCUT2D eigenvalue weighted by atomic mass is 16.5. The number of methoxy groups -OCH3 is 1. The largest absolute Gasteiger partial charge is 0.496 e. The van der Waals surface area contributed by atoms with E-state index in [2.05, 4.69) is 0 Å². The molecule has 2 amide bonds. The molecule has 2 aromatic rings. The van der Waals surface area contributed by atoms with Crippen LogP contribution in [0.25, 0.3) is 5.57 Å². The lowest BCUT2D eigenvalue weighted by Crippen LogP contribution is -2.31. The number of carbonyl (C=O) groups excluding carboxylic acids is 1. The van der Waals surface area contributed by atoms with Gasteiger partial charge in [-0.25, -0.2) is 4.79 Å². The van der Waals surface area contributed by atoms with Crippen LogP contribution < -0.4 is 15.4 Å². The van der Waals surface area contributed by atoms with E-state index < -0.39 is 0 Å². The summed E-state index contributed by atoms with van der Waals surface area (Å²) in [4.78, 5) is 16.4. The van der Waals surface area contributed by atoms with Crippen molar-refractivity contribution >= 4 is 23.5 Å². The number of hydrogen-bond acceptors (Lipinski definition) is 4. The highest BCUT2D eigenvalue weighted by Gasteiger charge is 2.30. The van der Waals surface area contributed by atoms with Crippen LogP contribution in [0.4, 0.5) is 10.5 Å². The van der Waals surface area contributed by atoms with Crippen molar-refractivity contribution in [1.82, 2.24) is 4.90 Å². The molecule has 3 N–H and O–H groups in total. The average molecular weight is 350 g/mol. The number of urea groups is 1. The molecule has 0 atom stereocenters. The number of benzene rings is 2. The first-order chi connectivity index (χ1) is 12.7. The summed E-state index contributed by atoms with van der Waals surface area (Å²) in [5.41, 5.74) is 8.74. The Bertz CT molecular complexity index is 833. The summed E-state index contributed by atoms with van der Waals surface area (Å²) in [5.74, 6) is 0.581. The van der Waals surface area contributed by atoms with E-state index in [1.165, 1.54) is 12.4 Å². The van der Waals surface area contributed by atoms with Gasteiger partial charge < -0.3 is 20.8 Å². The van der Waals surface area contributed by atoms with E-state index in [0.29, 0.717) is 31.0 Å². The SMILES string of the molecule is COc1cc(N2CCN(Cc3ccccc3)C2=O)ccc1/C(C=N)=C/N. The third kappa shape index (κ3) is 3.39. The van der Waals surface area contributed by atoms with Gasteiger partial charge in [-0.3, -0.25) is 4.90 Å². The van der Waals surface area contributed by atoms with Crippen LogP contribution in [0.1, 0.15) is 11.1 Å². The van der Waals surface area contributed by atoms with Crippen molar-refractivity contribution in [2.75, 3.05) is 25.1 Å². The summed E-state index contributed by atoms with van der Waals surface area (Å²) in [6, 6.07) is 15.4. The highest BCUT2D eigenvalue weighted by molar-refractivity contribution is 6.09. The van der Waals surface area contributed by atoms with Gasteiger partial charge in [0.25, 0.3) is 0 Å². The van der Waals surface area contributed by atoms with Crippen LogP contribution in [0.3, 0.4) is 0 Å². The topological polar surface area (TPSA) is 82.7 Å². The molecule has 0 spiro atoms. The maximum absolute atomic E-state index is 12.8. The first-order valence-electron chi connectivity index (χ1n) is 8.39. The zero-order valence-electron chi connectivity index (χ0n) is 14.7. The second-order valence-electron chi connectivity index (χ2n) is 5.99. The zero-order chi connectivity index (χ0) is 18.5. The van der Waals surface area contributed by atoms with Gasteiger partial charge in [0.1, 0.15) is 5.75 Å². The van der Waals surface area contributed by atoms with Gasteiger partial charge in [0.2, 0.25) is 0 Å². The summed E-state index contributed by atoms with van der Waals surface area (Å²) in [6.07, 6.45) is 2.55. The maximum atomic E-state index is 12.8. The molecular weight excluding hydrogens is 328 g/mol. The van der Waals surface area contributed by atoms with Crippen LogP contribution in [0.5, 0.6) is 5.75 Å². The lowest BCUT2D eigenvalue weighted by atomic mass is 10.1. The lowest BCUT2D eigenvalue weighted by molar-refractivity contribution is 0.219. The molecule has 26 heavy (non-hydrogen) atoms. The number of hydrogen-bond donors (Lipinski definition) is 2. The van der Waals surface area contributed by atoms with Gasteiger partial charge in [-0.1, -0.05) is 30.3 Å². The summed E-state index contributed by atoms with van der Waals surface area (Å²) in [5, 5.41) is 7.45. The van der Waals surface area contributed by atoms with Crippen LogP contribution in [0, 0.1) is 5.41 Å². The summed E-state index contributed by atoms with van der Waals surface area (Å²) in [7, 11) is 1.56. The average Bonchev–Trinajstić information content (AvgIpc) is 3.04. The normalized spacial score (nSPS) is 14.7. The molecule has 1 aliphatic heterocycles. The Morgan fingerprint density at radius 1 is 1.23 bits per heavy atom. The van der Waals surface area contributed by atoms with Crippen LogP contribution in [0.15, 0.2) is 54.7 Å². The number of allylic oxidation sites excluding steroid dienone is 1. The molecule has 0 saturated carbocycles. The predicted octanol–water partition coefficient (Wildman–Crippen LogP) is 3.09. The van der Waals surface area contributed by atoms with E-state index in [-0.39, 0.29) is 6.03 Å². The van der Waals surface area contributed by atoms with Gasteiger partial charge in [-0.2, -0.15) is 0 Å². The first kappa shape index (κ1) is 17.5. The minimum atomic E-state index is -0.0229. The molecule has 1 aliphatic rings. The smallest absolute Gasteiger partial charge is 0.324 e. The Hall–Kier alpha value is -3.28. The van der Waals surface area contributed by atoms with Crippen molar-refractivity contribution in [3.8, 4) is 5.75 Å². The number of anilines is 1. The molecule has 6 nitrogen and oxygen atoms in total. The molecule has 0 aliphatic carbocycles. The third-order valence-electron chi connectivity index (χ3n) is 4.45. The van der Waals surface area contributed by atoms with Crippen molar-refractivity contribution < 1.29 is 9.53 Å². The summed E-state index contributed by atoms with van der Waals surface area (Å²) >= 11 is 0. The van der Waals surface area contributed by atoms with E-state index in [4.69, 9.17) is 15.9 Å². The Labute approximate surface area is 153 Å². The number of rotatable bonds is 6. The molecule has 1 saturated heterocycles. The number of ether oxygens (including phenoxy) is 1. The number of nitrogens with zero attached hydrogens (tertiary/aromatic N) is 2. The van der Waals surface area contributed by atoms with E-state index in [9.17, 15) is 4.79 Å². The second kappa shape index (κ2) is 7.74. The third-order valence-corrected chi connectivity index (χ3v) is 4.45. The van der Waals surface area contributed by atoms with Gasteiger partial charge in [0.15, 0.2) is 0 Å². The molecule has 1 heterocycles. The van der Waals surface area contributed by atoms with Gasteiger partial charge in [0, 0.05) is 54.9 Å². The molecule has 3 rings (SSSR count). The number of carbonyl (C=O) groups is 1. The van der Waals surface area contributed by atoms with Crippen molar-refractivity contribution in [3.05, 3.63) is 65.9 Å². The standard InChI is InChI=1S/C20H22N4O2/c1-26-19-11-17(7-8-18(19)16(12-21)13-22)24-10-9-23(20(24)25)14-15-5-3-2-4-6-15/h2-8,11-13,21H,9-10,14,22H2,1H3/b16-13+,21-12?. The summed E-state index contributed by atoms with van der Waals surface area (Å²) in [6.45, 7) is 1.89. The van der Waals surface area contributed by atoms with E-state index in [0.717, 1.165) is 16.8 Å². The lowest BCUT2D eigenvalue weighted by Gasteiger charge is -2.20. The Morgan fingerprint density at radius 3 is 2.65 bits per heavy atom. The van der Waals surface area contributed by atoms with E-state index in [1.54, 1.807) is 12.0 Å². The Kier molecular flexibility index (Phi) is 5.22. The van der Waals surface area contributed by atoms with Crippen molar-refractivity contribution in [2.45, 2.75) is 6.54 Å². The molecule has 134 valence electrons. The summed E-state index contributed by atoms with van der Waals surface area (Å²) < 4.78 is 5.44. The highest BCUT2D eigenvalue weighted by Crippen LogP contribution is 2.31. The molecule has 6 heteroatoms. The predicted molar refractivity (Wildman–Crippen MR) is 104 cm³/mol. The zero-order valence-corrected chi connectivity index (χ0v) is 14.7. The van der Waals surface area contributed by atoms with Crippen LogP contribution in [-0.2, 0) is 6.54 Å². The Morgan fingerprint density at radius 2 is 2.00 bits per heavy atom. The number of nitrogens with one attached hydrogen (secondary N) is 1. The number of amides is 2. The molecule has 0 bridgehead atoms. The first-order valence-corrected chi connectivity index (χ1v) is 8.39. The van der Waals surface area contributed by atoms with Gasteiger partial charge in [-0.15, -0.1) is 0 Å². The fourth-order valence-electron chi connectivity index (χ4n) is 3.07. The minimum Gasteiger partial charge on any atom is -0.496 e. The van der Waals surface area contributed by atoms with Crippen LogP contribution >= 0.6 is 0 Å². The van der Waals surface area contributed by atoms with Crippen LogP contribution in [0.2, 0.25) is 0 Å². The van der Waals surface area contributed by atoms with Crippen molar-refractivity contribution in [3.63, 3.8) is 0 Å². The fraction of sp³-hybridized carbons (Fsp3) is 0.200. The molecule has 0 radical (unpaired) electrons. The Balaban J connectivity index is 1.81.